The second-order valence-electron chi connectivity index (χ2n) is 11.8. The van der Waals surface area contributed by atoms with Crippen molar-refractivity contribution < 1.29 is 19.0 Å². The largest absolute Gasteiger partial charge is 0.490 e. The van der Waals surface area contributed by atoms with Crippen molar-refractivity contribution in [3.8, 4) is 11.5 Å². The summed E-state index contributed by atoms with van der Waals surface area (Å²) in [6.45, 7) is 8.89. The summed E-state index contributed by atoms with van der Waals surface area (Å²) in [7, 11) is 0. The molecule has 7 nitrogen and oxygen atoms in total. The summed E-state index contributed by atoms with van der Waals surface area (Å²) in [5, 5.41) is 0.642. The van der Waals surface area contributed by atoms with Gasteiger partial charge in [-0.3, -0.25) is 9.36 Å². The first-order valence-electron chi connectivity index (χ1n) is 16.3. The van der Waals surface area contributed by atoms with Crippen LogP contribution in [0.5, 0.6) is 11.5 Å². The smallest absolute Gasteiger partial charge is 0.338 e. The average Bonchev–Trinajstić information content (AvgIpc) is 3.41. The first kappa shape index (κ1) is 34.0. The van der Waals surface area contributed by atoms with Crippen molar-refractivity contribution in [1.29, 1.82) is 0 Å². The maximum Gasteiger partial charge on any atom is 0.338 e. The van der Waals surface area contributed by atoms with E-state index in [-0.39, 0.29) is 12.2 Å². The van der Waals surface area contributed by atoms with Gasteiger partial charge in [0.2, 0.25) is 0 Å². The highest BCUT2D eigenvalue weighted by atomic mass is 35.5. The summed E-state index contributed by atoms with van der Waals surface area (Å²) in [5.74, 6) is 0.959. The Morgan fingerprint density at radius 1 is 0.918 bits per heavy atom. The summed E-state index contributed by atoms with van der Waals surface area (Å²) < 4.78 is 19.7. The van der Waals surface area contributed by atoms with Gasteiger partial charge in [0, 0.05) is 10.6 Å². The molecule has 4 aromatic carbocycles. The molecular formula is C40H37ClN2O5S. The number of fused-ring (bicyclic) bond motifs is 1. The zero-order chi connectivity index (χ0) is 34.5. The Hall–Kier alpha value is -4.92. The van der Waals surface area contributed by atoms with E-state index in [1.54, 1.807) is 11.5 Å². The molecule has 250 valence electrons. The Balaban J connectivity index is 1.48. The number of benzene rings is 4. The summed E-state index contributed by atoms with van der Waals surface area (Å²) in [4.78, 5) is 33.6. The Labute approximate surface area is 294 Å². The van der Waals surface area contributed by atoms with Crippen LogP contribution in [0.1, 0.15) is 67.5 Å². The van der Waals surface area contributed by atoms with E-state index < -0.39 is 12.0 Å². The highest BCUT2D eigenvalue weighted by Crippen LogP contribution is 2.36. The summed E-state index contributed by atoms with van der Waals surface area (Å²) in [5.41, 5.74) is 4.97. The monoisotopic (exact) mass is 692 g/mol. The molecule has 1 atom stereocenters. The number of halogens is 1. The van der Waals surface area contributed by atoms with Gasteiger partial charge in [-0.1, -0.05) is 110 Å². The first-order chi connectivity index (χ1) is 23.8. The Morgan fingerprint density at radius 2 is 1.69 bits per heavy atom. The molecule has 6 rings (SSSR count). The van der Waals surface area contributed by atoms with Crippen LogP contribution in [0.2, 0.25) is 5.02 Å². The standard InChI is InChI=1S/C40H37ClN2O5S/c1-5-46-33-22-26(15-20-32(33)48-24-27-11-10-14-31(41)21-27)23-34-38(44)43-37(30-18-16-28(17-19-30)25(3)4)35(39(45)47-6-2)36(42-40(43)49-34)29-12-8-7-9-13-29/h7-23,25,37H,5-6,24H2,1-4H3/b34-23-/t37-/m0/s1. The number of carbonyl (C=O) groups excluding carboxylic acids is 1. The average molecular weight is 693 g/mol. The molecule has 0 saturated heterocycles. The number of hydrogen-bond acceptors (Lipinski definition) is 7. The lowest BCUT2D eigenvalue weighted by Gasteiger charge is -2.26. The molecule has 0 radical (unpaired) electrons. The number of thiazole rings is 1. The molecule has 1 aromatic heterocycles. The van der Waals surface area contributed by atoms with Crippen molar-refractivity contribution in [2.75, 3.05) is 13.2 Å². The lowest BCUT2D eigenvalue weighted by molar-refractivity contribution is -0.138. The van der Waals surface area contributed by atoms with Crippen LogP contribution in [0.25, 0.3) is 11.8 Å². The molecule has 1 aliphatic rings. The van der Waals surface area contributed by atoms with Crippen LogP contribution in [-0.2, 0) is 16.1 Å². The molecule has 0 aliphatic carbocycles. The van der Waals surface area contributed by atoms with Crippen molar-refractivity contribution in [3.05, 3.63) is 155 Å². The van der Waals surface area contributed by atoms with Gasteiger partial charge in [0.25, 0.3) is 5.56 Å². The number of hydrogen-bond donors (Lipinski definition) is 0. The molecule has 0 amide bonds. The van der Waals surface area contributed by atoms with E-state index in [1.807, 2.05) is 110 Å². The lowest BCUT2D eigenvalue weighted by Crippen LogP contribution is -2.40. The predicted molar refractivity (Wildman–Crippen MR) is 195 cm³/mol. The van der Waals surface area contributed by atoms with Crippen LogP contribution in [0.3, 0.4) is 0 Å². The Kier molecular flexibility index (Phi) is 10.5. The van der Waals surface area contributed by atoms with Gasteiger partial charge in [0.05, 0.1) is 35.1 Å². The molecule has 0 saturated carbocycles. The van der Waals surface area contributed by atoms with E-state index >= 15 is 0 Å². The maximum atomic E-state index is 14.4. The molecule has 0 fully saturated rings. The molecule has 0 bridgehead atoms. The predicted octanol–water partition coefficient (Wildman–Crippen LogP) is 7.69. The zero-order valence-corrected chi connectivity index (χ0v) is 29.4. The second kappa shape index (κ2) is 15.1. The fourth-order valence-corrected chi connectivity index (χ4v) is 6.97. The number of esters is 1. The summed E-state index contributed by atoms with van der Waals surface area (Å²) >= 11 is 7.43. The van der Waals surface area contributed by atoms with Gasteiger partial charge in [-0.05, 0) is 72.4 Å². The SMILES string of the molecule is CCOC(=O)C1=C(c2ccccc2)N=c2s/c(=C\c3ccc(OCc4cccc(Cl)c4)c(OCC)c3)c(=O)n2[C@H]1c1ccc(C(C)C)cc1. The fourth-order valence-electron chi connectivity index (χ4n) is 5.76. The van der Waals surface area contributed by atoms with Gasteiger partial charge in [0.15, 0.2) is 16.3 Å². The molecular weight excluding hydrogens is 656 g/mol. The highest BCUT2D eigenvalue weighted by Gasteiger charge is 2.35. The molecule has 0 spiro atoms. The van der Waals surface area contributed by atoms with Gasteiger partial charge in [0.1, 0.15) is 6.61 Å². The lowest BCUT2D eigenvalue weighted by atomic mass is 9.91. The van der Waals surface area contributed by atoms with Crippen LogP contribution in [0.4, 0.5) is 0 Å². The summed E-state index contributed by atoms with van der Waals surface area (Å²) in [6.07, 6.45) is 1.82. The maximum absolute atomic E-state index is 14.4. The minimum Gasteiger partial charge on any atom is -0.490 e. The van der Waals surface area contributed by atoms with Crippen LogP contribution in [-0.4, -0.2) is 23.8 Å². The zero-order valence-electron chi connectivity index (χ0n) is 27.8. The second-order valence-corrected chi connectivity index (χ2v) is 13.3. The first-order valence-corrected chi connectivity index (χ1v) is 17.5. The molecule has 5 aromatic rings. The van der Waals surface area contributed by atoms with Crippen LogP contribution in [0, 0.1) is 0 Å². The minimum absolute atomic E-state index is 0.189. The van der Waals surface area contributed by atoms with Gasteiger partial charge < -0.3 is 14.2 Å². The number of nitrogens with zero attached hydrogens (tertiary/aromatic N) is 2. The molecule has 9 heteroatoms. The third-order valence-corrected chi connectivity index (χ3v) is 9.36. The highest BCUT2D eigenvalue weighted by molar-refractivity contribution is 7.07. The van der Waals surface area contributed by atoms with Gasteiger partial charge in [-0.25, -0.2) is 9.79 Å². The molecule has 0 N–H and O–H groups in total. The van der Waals surface area contributed by atoms with E-state index in [9.17, 15) is 9.59 Å². The number of rotatable bonds is 11. The van der Waals surface area contributed by atoms with Crippen molar-refractivity contribution in [3.63, 3.8) is 0 Å². The van der Waals surface area contributed by atoms with E-state index in [0.717, 1.165) is 27.8 Å². The van der Waals surface area contributed by atoms with Crippen molar-refractivity contribution in [1.82, 2.24) is 4.57 Å². The topological polar surface area (TPSA) is 79.1 Å². The third kappa shape index (κ3) is 7.41. The molecule has 1 aliphatic heterocycles. The quantitative estimate of drug-likeness (QED) is 0.133. The fraction of sp³-hybridized carbons (Fsp3) is 0.225. The molecule has 49 heavy (non-hydrogen) atoms. The van der Waals surface area contributed by atoms with Crippen LogP contribution in [0.15, 0.2) is 112 Å². The third-order valence-electron chi connectivity index (χ3n) is 8.14. The van der Waals surface area contributed by atoms with Crippen molar-refractivity contribution in [2.45, 2.75) is 46.3 Å². The summed E-state index contributed by atoms with van der Waals surface area (Å²) in [6, 6.07) is 30.0. The number of ether oxygens (including phenoxy) is 3. The van der Waals surface area contributed by atoms with Crippen molar-refractivity contribution in [2.24, 2.45) is 4.99 Å². The number of carbonyl (C=O) groups is 1. The van der Waals surface area contributed by atoms with Crippen LogP contribution < -0.4 is 24.4 Å². The van der Waals surface area contributed by atoms with Gasteiger partial charge in [-0.2, -0.15) is 0 Å². The van der Waals surface area contributed by atoms with E-state index in [4.69, 9.17) is 30.8 Å². The molecule has 2 heterocycles. The van der Waals surface area contributed by atoms with E-state index in [1.165, 1.54) is 11.3 Å². The number of aromatic nitrogens is 1. The van der Waals surface area contributed by atoms with Gasteiger partial charge in [-0.15, -0.1) is 0 Å². The van der Waals surface area contributed by atoms with Crippen molar-refractivity contribution >= 4 is 40.7 Å². The van der Waals surface area contributed by atoms with Gasteiger partial charge >= 0.3 is 5.97 Å². The molecule has 0 unspecified atom stereocenters. The Bertz CT molecular complexity index is 2190. The van der Waals surface area contributed by atoms with E-state index in [0.29, 0.717) is 56.3 Å². The minimum atomic E-state index is -0.741. The Morgan fingerprint density at radius 3 is 2.39 bits per heavy atom. The normalized spacial score (nSPS) is 14.4. The van der Waals surface area contributed by atoms with E-state index in [2.05, 4.69) is 13.8 Å². The van der Waals surface area contributed by atoms with Crippen LogP contribution >= 0.6 is 22.9 Å².